The second-order valence-corrected chi connectivity index (χ2v) is 8.02. The Hall–Kier alpha value is -3.32. The summed E-state index contributed by atoms with van der Waals surface area (Å²) >= 11 is 0. The number of hydrogen-bond acceptors (Lipinski definition) is 5. The van der Waals surface area contributed by atoms with Crippen LogP contribution in [0.2, 0.25) is 0 Å². The second-order valence-electron chi connectivity index (χ2n) is 8.02. The summed E-state index contributed by atoms with van der Waals surface area (Å²) < 4.78 is 19.6. The van der Waals surface area contributed by atoms with Gasteiger partial charge in [0, 0.05) is 37.1 Å². The van der Waals surface area contributed by atoms with Crippen LogP contribution in [0, 0.1) is 11.7 Å². The molecule has 6 nitrogen and oxygen atoms in total. The Balaban J connectivity index is 1.51. The number of hydrogen-bond donors (Lipinski definition) is 1. The van der Waals surface area contributed by atoms with Gasteiger partial charge in [-0.25, -0.2) is 4.39 Å². The Morgan fingerprint density at radius 3 is 2.69 bits per heavy atom. The van der Waals surface area contributed by atoms with Crippen molar-refractivity contribution in [3.63, 3.8) is 0 Å². The van der Waals surface area contributed by atoms with Gasteiger partial charge in [-0.1, -0.05) is 18.2 Å². The molecule has 1 saturated heterocycles. The number of halogens is 1. The van der Waals surface area contributed by atoms with Crippen LogP contribution >= 0.6 is 0 Å². The fourth-order valence-corrected chi connectivity index (χ4v) is 4.24. The average Bonchev–Trinajstić information content (AvgIpc) is 2.85. The van der Waals surface area contributed by atoms with E-state index in [1.165, 1.54) is 13.2 Å². The van der Waals surface area contributed by atoms with Gasteiger partial charge in [0.1, 0.15) is 17.3 Å². The highest BCUT2D eigenvalue weighted by atomic mass is 19.1. The number of amides is 1. The zero-order valence-corrected chi connectivity index (χ0v) is 18.1. The standard InChI is InChI=1S/C25H27FN4O2/c1-32-20-11-10-18(21(26)15-20)16-30-14-6-7-19(17-30)24(22-8-2-4-12-27-22)29-25(31)23-9-3-5-13-28-23/h2-5,8-13,15,19,24H,6-7,14,16-17H2,1H3,(H,29,31). The molecule has 1 aliphatic rings. The zero-order chi connectivity index (χ0) is 22.3. The van der Waals surface area contributed by atoms with Crippen LogP contribution in [0.25, 0.3) is 0 Å². The third kappa shape index (κ3) is 5.29. The Morgan fingerprint density at radius 2 is 2.00 bits per heavy atom. The van der Waals surface area contributed by atoms with E-state index in [1.54, 1.807) is 42.7 Å². The van der Waals surface area contributed by atoms with Gasteiger partial charge in [0.15, 0.2) is 0 Å². The van der Waals surface area contributed by atoms with Gasteiger partial charge in [0.05, 0.1) is 18.8 Å². The zero-order valence-electron chi connectivity index (χ0n) is 18.1. The number of likely N-dealkylation sites (tertiary alicyclic amines) is 1. The van der Waals surface area contributed by atoms with Crippen molar-refractivity contribution in [1.82, 2.24) is 20.2 Å². The van der Waals surface area contributed by atoms with Crippen molar-refractivity contribution in [3.05, 3.63) is 89.8 Å². The lowest BCUT2D eigenvalue weighted by Crippen LogP contribution is -2.43. The Kier molecular flexibility index (Phi) is 7.07. The topological polar surface area (TPSA) is 67.3 Å². The van der Waals surface area contributed by atoms with Crippen LogP contribution in [0.5, 0.6) is 5.75 Å². The lowest BCUT2D eigenvalue weighted by atomic mass is 9.88. The van der Waals surface area contributed by atoms with E-state index in [4.69, 9.17) is 4.74 Å². The third-order valence-electron chi connectivity index (χ3n) is 5.86. The first-order chi connectivity index (χ1) is 15.6. The van der Waals surface area contributed by atoms with Crippen molar-refractivity contribution in [3.8, 4) is 5.75 Å². The van der Waals surface area contributed by atoms with E-state index in [0.29, 0.717) is 23.6 Å². The fraction of sp³-hybridized carbons (Fsp3) is 0.320. The number of ether oxygens (including phenoxy) is 1. The van der Waals surface area contributed by atoms with Crippen molar-refractivity contribution >= 4 is 5.91 Å². The van der Waals surface area contributed by atoms with Gasteiger partial charge >= 0.3 is 0 Å². The summed E-state index contributed by atoms with van der Waals surface area (Å²) in [6, 6.07) is 15.7. The van der Waals surface area contributed by atoms with Crippen molar-refractivity contribution in [2.45, 2.75) is 25.4 Å². The van der Waals surface area contributed by atoms with Crippen molar-refractivity contribution in [2.75, 3.05) is 20.2 Å². The molecule has 2 atom stereocenters. The van der Waals surface area contributed by atoms with E-state index in [1.807, 2.05) is 18.2 Å². The minimum absolute atomic E-state index is 0.146. The number of piperidine rings is 1. The largest absolute Gasteiger partial charge is 0.497 e. The minimum Gasteiger partial charge on any atom is -0.497 e. The summed E-state index contributed by atoms with van der Waals surface area (Å²) in [5, 5.41) is 3.15. The molecule has 166 valence electrons. The molecule has 1 fully saturated rings. The summed E-state index contributed by atoms with van der Waals surface area (Å²) in [6.07, 6.45) is 5.26. The first kappa shape index (κ1) is 21.9. The van der Waals surface area contributed by atoms with Crippen LogP contribution in [-0.4, -0.2) is 41.0 Å². The minimum atomic E-state index is -0.267. The van der Waals surface area contributed by atoms with E-state index < -0.39 is 0 Å². The van der Waals surface area contributed by atoms with Crippen molar-refractivity contribution < 1.29 is 13.9 Å². The van der Waals surface area contributed by atoms with Crippen LogP contribution in [0.3, 0.4) is 0 Å². The molecular formula is C25H27FN4O2. The van der Waals surface area contributed by atoms with Crippen LogP contribution in [0.4, 0.5) is 4.39 Å². The molecule has 0 spiro atoms. The van der Waals surface area contributed by atoms with Crippen LogP contribution in [0.1, 0.15) is 40.6 Å². The van der Waals surface area contributed by atoms with Crippen molar-refractivity contribution in [1.29, 1.82) is 0 Å². The number of aromatic nitrogens is 2. The molecule has 0 radical (unpaired) electrons. The molecule has 1 amide bonds. The number of nitrogens with one attached hydrogen (secondary N) is 1. The smallest absolute Gasteiger partial charge is 0.270 e. The van der Waals surface area contributed by atoms with Gasteiger partial charge < -0.3 is 10.1 Å². The molecule has 1 aromatic carbocycles. The summed E-state index contributed by atoms with van der Waals surface area (Å²) in [5.41, 5.74) is 1.83. The number of benzene rings is 1. The molecule has 3 aromatic rings. The summed E-state index contributed by atoms with van der Waals surface area (Å²) in [6.45, 7) is 2.12. The molecular weight excluding hydrogens is 407 g/mol. The molecule has 2 aromatic heterocycles. The average molecular weight is 435 g/mol. The van der Waals surface area contributed by atoms with Crippen LogP contribution in [0.15, 0.2) is 67.0 Å². The maximum atomic E-state index is 14.5. The lowest BCUT2D eigenvalue weighted by molar-refractivity contribution is 0.0869. The summed E-state index contributed by atoms with van der Waals surface area (Å²) in [5.74, 6) is 0.165. The predicted octanol–water partition coefficient (Wildman–Crippen LogP) is 4.01. The SMILES string of the molecule is COc1ccc(CN2CCCC(C(NC(=O)c3ccccn3)c3ccccn3)C2)c(F)c1. The predicted molar refractivity (Wildman–Crippen MR) is 120 cm³/mol. The maximum Gasteiger partial charge on any atom is 0.270 e. The van der Waals surface area contributed by atoms with Gasteiger partial charge in [-0.2, -0.15) is 0 Å². The third-order valence-corrected chi connectivity index (χ3v) is 5.86. The van der Waals surface area contributed by atoms with E-state index >= 15 is 0 Å². The van der Waals surface area contributed by atoms with E-state index in [2.05, 4.69) is 20.2 Å². The number of pyridine rings is 2. The van der Waals surface area contributed by atoms with Gasteiger partial charge in [0.2, 0.25) is 0 Å². The monoisotopic (exact) mass is 434 g/mol. The van der Waals surface area contributed by atoms with Crippen molar-refractivity contribution in [2.24, 2.45) is 5.92 Å². The normalized spacial score (nSPS) is 17.5. The van der Waals surface area contributed by atoms with E-state index in [9.17, 15) is 9.18 Å². The summed E-state index contributed by atoms with van der Waals surface area (Å²) in [4.78, 5) is 23.8. The molecule has 4 rings (SSSR count). The summed E-state index contributed by atoms with van der Waals surface area (Å²) in [7, 11) is 1.53. The lowest BCUT2D eigenvalue weighted by Gasteiger charge is -2.37. The molecule has 32 heavy (non-hydrogen) atoms. The molecule has 3 heterocycles. The number of carbonyl (C=O) groups is 1. The number of carbonyl (C=O) groups excluding carboxylic acids is 1. The molecule has 0 aliphatic carbocycles. The van der Waals surface area contributed by atoms with Crippen LogP contribution in [-0.2, 0) is 6.54 Å². The quantitative estimate of drug-likeness (QED) is 0.609. The van der Waals surface area contributed by atoms with Gasteiger partial charge in [-0.05, 0) is 55.6 Å². The fourth-order valence-electron chi connectivity index (χ4n) is 4.24. The van der Waals surface area contributed by atoms with Gasteiger partial charge in [-0.15, -0.1) is 0 Å². The van der Waals surface area contributed by atoms with E-state index in [-0.39, 0.29) is 23.7 Å². The maximum absolute atomic E-state index is 14.5. The Morgan fingerprint density at radius 1 is 1.19 bits per heavy atom. The molecule has 1 aliphatic heterocycles. The molecule has 7 heteroatoms. The number of nitrogens with zero attached hydrogens (tertiary/aromatic N) is 3. The molecule has 1 N–H and O–H groups in total. The van der Waals surface area contributed by atoms with Gasteiger partial charge in [0.25, 0.3) is 5.91 Å². The number of rotatable bonds is 7. The Bertz CT molecular complexity index is 1030. The van der Waals surface area contributed by atoms with Gasteiger partial charge in [-0.3, -0.25) is 19.7 Å². The number of methoxy groups -OCH3 is 1. The highest BCUT2D eigenvalue weighted by molar-refractivity contribution is 5.92. The first-order valence-corrected chi connectivity index (χ1v) is 10.8. The highest BCUT2D eigenvalue weighted by Gasteiger charge is 2.31. The Labute approximate surface area is 187 Å². The molecule has 0 saturated carbocycles. The second kappa shape index (κ2) is 10.3. The first-order valence-electron chi connectivity index (χ1n) is 10.8. The highest BCUT2D eigenvalue weighted by Crippen LogP contribution is 2.30. The van der Waals surface area contributed by atoms with E-state index in [0.717, 1.165) is 31.6 Å². The molecule has 2 unspecified atom stereocenters. The van der Waals surface area contributed by atoms with Crippen LogP contribution < -0.4 is 10.1 Å². The molecule has 0 bridgehead atoms.